The van der Waals surface area contributed by atoms with Crippen LogP contribution in [0.25, 0.3) is 0 Å². The Kier molecular flexibility index (Phi) is 4.56. The standard InChI is InChI=1S/C12H16N4OS2/c1-15-11(17)9-10(14)8(7-13)19-12(9)16-3-2-5-18-6-4-16/h2-6,14H2,1H3,(H,15,17). The molecule has 0 saturated carbocycles. The van der Waals surface area contributed by atoms with E-state index in [-0.39, 0.29) is 5.91 Å². The predicted octanol–water partition coefficient (Wildman–Crippen LogP) is 1.50. The van der Waals surface area contributed by atoms with Crippen LogP contribution in [-0.2, 0) is 0 Å². The van der Waals surface area contributed by atoms with Crippen LogP contribution in [0.4, 0.5) is 10.7 Å². The maximum Gasteiger partial charge on any atom is 0.256 e. The summed E-state index contributed by atoms with van der Waals surface area (Å²) in [6.07, 6.45) is 1.08. The van der Waals surface area contributed by atoms with Crippen LogP contribution in [0.3, 0.4) is 0 Å². The molecule has 0 unspecified atom stereocenters. The number of carbonyl (C=O) groups excluding carboxylic acids is 1. The van der Waals surface area contributed by atoms with Crippen LogP contribution in [-0.4, -0.2) is 37.6 Å². The predicted molar refractivity (Wildman–Crippen MR) is 81.0 cm³/mol. The molecule has 2 heterocycles. The summed E-state index contributed by atoms with van der Waals surface area (Å²) in [4.78, 5) is 14.6. The Morgan fingerprint density at radius 2 is 2.26 bits per heavy atom. The van der Waals surface area contributed by atoms with Gasteiger partial charge in [0.1, 0.15) is 15.9 Å². The van der Waals surface area contributed by atoms with Crippen LogP contribution in [0.1, 0.15) is 21.7 Å². The van der Waals surface area contributed by atoms with Crippen LogP contribution >= 0.6 is 23.1 Å². The molecule has 5 nitrogen and oxygen atoms in total. The van der Waals surface area contributed by atoms with Gasteiger partial charge in [0.05, 0.1) is 11.3 Å². The first-order chi connectivity index (χ1) is 9.19. The van der Waals surface area contributed by atoms with E-state index >= 15 is 0 Å². The molecule has 2 rings (SSSR count). The van der Waals surface area contributed by atoms with Crippen molar-refractivity contribution in [2.45, 2.75) is 6.42 Å². The number of thioether (sulfide) groups is 1. The van der Waals surface area contributed by atoms with Gasteiger partial charge in [0.15, 0.2) is 0 Å². The van der Waals surface area contributed by atoms with E-state index in [9.17, 15) is 4.79 Å². The molecule has 1 aliphatic heterocycles. The molecule has 7 heteroatoms. The minimum absolute atomic E-state index is 0.220. The van der Waals surface area contributed by atoms with Crippen LogP contribution in [0.5, 0.6) is 0 Å². The number of anilines is 2. The van der Waals surface area contributed by atoms with Gasteiger partial charge in [-0.1, -0.05) is 0 Å². The first kappa shape index (κ1) is 14.0. The molecule has 1 fully saturated rings. The van der Waals surface area contributed by atoms with Crippen molar-refractivity contribution in [3.05, 3.63) is 10.4 Å². The normalized spacial score (nSPS) is 15.7. The van der Waals surface area contributed by atoms with Crippen molar-refractivity contribution in [3.8, 4) is 6.07 Å². The van der Waals surface area contributed by atoms with Crippen molar-refractivity contribution < 1.29 is 4.79 Å². The average Bonchev–Trinajstić information content (AvgIpc) is 2.61. The number of nitrogens with two attached hydrogens (primary N) is 1. The number of rotatable bonds is 2. The molecule has 0 bridgehead atoms. The fourth-order valence-electron chi connectivity index (χ4n) is 2.03. The summed E-state index contributed by atoms with van der Waals surface area (Å²) in [5.41, 5.74) is 6.69. The van der Waals surface area contributed by atoms with Gasteiger partial charge in [-0.3, -0.25) is 4.79 Å². The van der Waals surface area contributed by atoms with E-state index < -0.39 is 0 Å². The zero-order valence-electron chi connectivity index (χ0n) is 10.7. The van der Waals surface area contributed by atoms with E-state index in [1.165, 1.54) is 11.3 Å². The third kappa shape index (κ3) is 2.80. The fourth-order valence-corrected chi connectivity index (χ4v) is 3.98. The van der Waals surface area contributed by atoms with Crippen molar-refractivity contribution in [2.24, 2.45) is 0 Å². The van der Waals surface area contributed by atoms with E-state index in [2.05, 4.69) is 16.3 Å². The fraction of sp³-hybridized carbons (Fsp3) is 0.500. The van der Waals surface area contributed by atoms with Gasteiger partial charge in [0.25, 0.3) is 5.91 Å². The van der Waals surface area contributed by atoms with Crippen LogP contribution in [0.15, 0.2) is 0 Å². The lowest BCUT2D eigenvalue weighted by molar-refractivity contribution is 0.0965. The maximum atomic E-state index is 12.0. The number of hydrogen-bond acceptors (Lipinski definition) is 6. The topological polar surface area (TPSA) is 82.2 Å². The SMILES string of the molecule is CNC(=O)c1c(N2CCCSCC2)sc(C#N)c1N. The first-order valence-corrected chi connectivity index (χ1v) is 8.03. The number of carbonyl (C=O) groups is 1. The molecule has 19 heavy (non-hydrogen) atoms. The number of nitrogens with zero attached hydrogens (tertiary/aromatic N) is 2. The monoisotopic (exact) mass is 296 g/mol. The van der Waals surface area contributed by atoms with Crippen molar-refractivity contribution >= 4 is 39.7 Å². The molecular formula is C12H16N4OS2. The minimum Gasteiger partial charge on any atom is -0.396 e. The zero-order valence-corrected chi connectivity index (χ0v) is 12.4. The molecule has 0 atom stereocenters. The van der Waals surface area contributed by atoms with Crippen LogP contribution in [0.2, 0.25) is 0 Å². The molecule has 3 N–H and O–H groups in total. The molecule has 0 radical (unpaired) electrons. The molecule has 0 spiro atoms. The van der Waals surface area contributed by atoms with Gasteiger partial charge in [0.2, 0.25) is 0 Å². The highest BCUT2D eigenvalue weighted by atomic mass is 32.2. The number of hydrogen-bond donors (Lipinski definition) is 2. The number of nitriles is 1. The van der Waals surface area contributed by atoms with Crippen molar-refractivity contribution in [2.75, 3.05) is 42.3 Å². The zero-order chi connectivity index (χ0) is 13.8. The summed E-state index contributed by atoms with van der Waals surface area (Å²) in [5, 5.41) is 12.5. The second-order valence-corrected chi connectivity index (χ2v) is 6.39. The van der Waals surface area contributed by atoms with Crippen LogP contribution < -0.4 is 16.0 Å². The van der Waals surface area contributed by atoms with E-state index in [4.69, 9.17) is 11.0 Å². The Morgan fingerprint density at radius 3 is 2.95 bits per heavy atom. The van der Waals surface area contributed by atoms with Gasteiger partial charge in [-0.15, -0.1) is 11.3 Å². The number of nitrogens with one attached hydrogen (secondary N) is 1. The molecular weight excluding hydrogens is 280 g/mol. The molecule has 1 aliphatic rings. The molecule has 102 valence electrons. The largest absolute Gasteiger partial charge is 0.396 e. The molecule has 1 aromatic heterocycles. The lowest BCUT2D eigenvalue weighted by atomic mass is 10.2. The smallest absolute Gasteiger partial charge is 0.256 e. The lowest BCUT2D eigenvalue weighted by Crippen LogP contribution is -2.28. The van der Waals surface area contributed by atoms with E-state index in [0.717, 1.165) is 36.0 Å². The summed E-state index contributed by atoms with van der Waals surface area (Å²) in [5.74, 6) is 1.95. The second-order valence-electron chi connectivity index (χ2n) is 4.17. The van der Waals surface area contributed by atoms with Crippen molar-refractivity contribution in [1.29, 1.82) is 5.26 Å². The highest BCUT2D eigenvalue weighted by Gasteiger charge is 2.25. The third-order valence-corrected chi connectivity index (χ3v) is 5.21. The van der Waals surface area contributed by atoms with Gasteiger partial charge >= 0.3 is 0 Å². The summed E-state index contributed by atoms with van der Waals surface area (Å²) in [7, 11) is 1.58. The number of thiophene rings is 1. The highest BCUT2D eigenvalue weighted by molar-refractivity contribution is 7.99. The maximum absolute atomic E-state index is 12.0. The van der Waals surface area contributed by atoms with E-state index in [0.29, 0.717) is 16.1 Å². The summed E-state index contributed by atoms with van der Waals surface area (Å²) >= 11 is 3.23. The van der Waals surface area contributed by atoms with E-state index in [1.807, 2.05) is 11.8 Å². The Hall–Kier alpha value is -1.39. The van der Waals surface area contributed by atoms with Gasteiger partial charge in [-0.05, 0) is 12.2 Å². The van der Waals surface area contributed by atoms with Crippen LogP contribution in [0, 0.1) is 11.3 Å². The Morgan fingerprint density at radius 1 is 1.47 bits per heavy atom. The molecule has 1 amide bonds. The molecule has 1 aromatic rings. The van der Waals surface area contributed by atoms with E-state index in [1.54, 1.807) is 7.05 Å². The van der Waals surface area contributed by atoms with Crippen molar-refractivity contribution in [1.82, 2.24) is 5.32 Å². The number of nitrogen functional groups attached to an aromatic ring is 1. The summed E-state index contributed by atoms with van der Waals surface area (Å²) in [6, 6.07) is 2.07. The second kappa shape index (κ2) is 6.17. The molecule has 0 aliphatic carbocycles. The van der Waals surface area contributed by atoms with Gasteiger partial charge in [-0.2, -0.15) is 17.0 Å². The minimum atomic E-state index is -0.220. The van der Waals surface area contributed by atoms with Crippen molar-refractivity contribution in [3.63, 3.8) is 0 Å². The molecule has 1 saturated heterocycles. The quantitative estimate of drug-likeness (QED) is 0.864. The van der Waals surface area contributed by atoms with Gasteiger partial charge in [0, 0.05) is 25.9 Å². The Labute approximate surface area is 120 Å². The highest BCUT2D eigenvalue weighted by Crippen LogP contribution is 2.38. The third-order valence-electron chi connectivity index (χ3n) is 2.99. The number of amides is 1. The lowest BCUT2D eigenvalue weighted by Gasteiger charge is -2.21. The summed E-state index contributed by atoms with van der Waals surface area (Å²) in [6.45, 7) is 1.79. The Bertz CT molecular complexity index is 513. The first-order valence-electron chi connectivity index (χ1n) is 6.06. The molecule has 0 aromatic carbocycles. The van der Waals surface area contributed by atoms with Gasteiger partial charge in [-0.25, -0.2) is 0 Å². The summed E-state index contributed by atoms with van der Waals surface area (Å²) < 4.78 is 0. The average molecular weight is 296 g/mol. The Balaban J connectivity index is 2.43. The van der Waals surface area contributed by atoms with Gasteiger partial charge < -0.3 is 16.0 Å².